The van der Waals surface area contributed by atoms with Crippen LogP contribution in [0.3, 0.4) is 0 Å². The number of rotatable bonds is 7. The molecule has 0 spiro atoms. The van der Waals surface area contributed by atoms with Crippen LogP contribution in [-0.2, 0) is 4.74 Å². The van der Waals surface area contributed by atoms with Gasteiger partial charge in [-0.05, 0) is 38.0 Å². The minimum absolute atomic E-state index is 0.617. The second-order valence-electron chi connectivity index (χ2n) is 6.23. The quantitative estimate of drug-likeness (QED) is 0.443. The van der Waals surface area contributed by atoms with E-state index in [0.29, 0.717) is 5.92 Å². The molecule has 0 aromatic rings. The van der Waals surface area contributed by atoms with Gasteiger partial charge in [-0.15, -0.1) is 0 Å². The Hall–Kier alpha value is -0.770. The Labute approximate surface area is 125 Å². The van der Waals surface area contributed by atoms with Gasteiger partial charge < -0.3 is 15.0 Å². The summed E-state index contributed by atoms with van der Waals surface area (Å²) in [5.74, 6) is 2.56. The summed E-state index contributed by atoms with van der Waals surface area (Å²) in [6.07, 6.45) is 3.57. The van der Waals surface area contributed by atoms with Gasteiger partial charge in [0.15, 0.2) is 5.96 Å². The molecule has 0 aromatic carbocycles. The molecule has 0 atom stereocenters. The molecule has 0 bridgehead atoms. The van der Waals surface area contributed by atoms with Crippen LogP contribution >= 0.6 is 0 Å². The van der Waals surface area contributed by atoms with E-state index in [2.05, 4.69) is 37.9 Å². The molecule has 1 saturated heterocycles. The standard InChI is InChI=1S/C16H33N3O/c1-5-17-16(19-10-7-15(4)8-11-19)18-9-6-12-20-13-14(2)3/h14-15H,5-13H2,1-4H3,(H,17,18). The zero-order valence-corrected chi connectivity index (χ0v) is 13.8. The molecule has 0 aromatic heterocycles. The van der Waals surface area contributed by atoms with Gasteiger partial charge in [0, 0.05) is 39.4 Å². The summed E-state index contributed by atoms with van der Waals surface area (Å²) in [5, 5.41) is 3.41. The van der Waals surface area contributed by atoms with E-state index in [1.54, 1.807) is 0 Å². The van der Waals surface area contributed by atoms with Gasteiger partial charge in [-0.2, -0.15) is 0 Å². The van der Waals surface area contributed by atoms with Gasteiger partial charge >= 0.3 is 0 Å². The van der Waals surface area contributed by atoms with E-state index in [1.807, 2.05) is 0 Å². The third kappa shape index (κ3) is 7.13. The third-order valence-corrected chi connectivity index (χ3v) is 3.58. The van der Waals surface area contributed by atoms with Gasteiger partial charge in [-0.25, -0.2) is 0 Å². The van der Waals surface area contributed by atoms with E-state index in [-0.39, 0.29) is 0 Å². The summed E-state index contributed by atoms with van der Waals surface area (Å²) in [6, 6.07) is 0. The smallest absolute Gasteiger partial charge is 0.193 e. The van der Waals surface area contributed by atoms with Crippen molar-refractivity contribution in [1.82, 2.24) is 10.2 Å². The highest BCUT2D eigenvalue weighted by molar-refractivity contribution is 5.80. The fourth-order valence-corrected chi connectivity index (χ4v) is 2.32. The molecule has 0 amide bonds. The second kappa shape index (κ2) is 10.0. The van der Waals surface area contributed by atoms with Crippen LogP contribution in [0.1, 0.15) is 47.0 Å². The molecule has 1 fully saturated rings. The van der Waals surface area contributed by atoms with Crippen molar-refractivity contribution >= 4 is 5.96 Å². The lowest BCUT2D eigenvalue weighted by molar-refractivity contribution is 0.109. The first-order chi connectivity index (χ1) is 9.63. The van der Waals surface area contributed by atoms with Crippen molar-refractivity contribution < 1.29 is 4.74 Å². The molecule has 1 aliphatic rings. The predicted molar refractivity (Wildman–Crippen MR) is 86.2 cm³/mol. The molecule has 1 heterocycles. The van der Waals surface area contributed by atoms with Gasteiger partial charge in [0.25, 0.3) is 0 Å². The van der Waals surface area contributed by atoms with Crippen LogP contribution in [0.25, 0.3) is 0 Å². The number of guanidine groups is 1. The Morgan fingerprint density at radius 3 is 2.65 bits per heavy atom. The summed E-state index contributed by atoms with van der Waals surface area (Å²) in [6.45, 7) is 14.6. The van der Waals surface area contributed by atoms with Gasteiger partial charge in [-0.3, -0.25) is 4.99 Å². The molecule has 4 nitrogen and oxygen atoms in total. The average molecular weight is 283 g/mol. The van der Waals surface area contributed by atoms with E-state index < -0.39 is 0 Å². The predicted octanol–water partition coefficient (Wildman–Crippen LogP) is 2.75. The number of hydrogen-bond acceptors (Lipinski definition) is 2. The number of aliphatic imine (C=N–C) groups is 1. The monoisotopic (exact) mass is 283 g/mol. The van der Waals surface area contributed by atoms with Gasteiger partial charge in [0.2, 0.25) is 0 Å². The Morgan fingerprint density at radius 1 is 1.35 bits per heavy atom. The van der Waals surface area contributed by atoms with Gasteiger partial charge in [-0.1, -0.05) is 20.8 Å². The molecule has 0 saturated carbocycles. The van der Waals surface area contributed by atoms with E-state index in [0.717, 1.165) is 57.7 Å². The highest BCUT2D eigenvalue weighted by Gasteiger charge is 2.18. The number of ether oxygens (including phenoxy) is 1. The van der Waals surface area contributed by atoms with Crippen LogP contribution in [0.2, 0.25) is 0 Å². The summed E-state index contributed by atoms with van der Waals surface area (Å²) < 4.78 is 5.59. The number of likely N-dealkylation sites (tertiary alicyclic amines) is 1. The molecule has 20 heavy (non-hydrogen) atoms. The van der Waals surface area contributed by atoms with Crippen molar-refractivity contribution in [3.05, 3.63) is 0 Å². The first-order valence-electron chi connectivity index (χ1n) is 8.24. The molecule has 0 unspecified atom stereocenters. The van der Waals surface area contributed by atoms with E-state index in [1.165, 1.54) is 12.8 Å². The highest BCUT2D eigenvalue weighted by Crippen LogP contribution is 2.15. The number of piperidine rings is 1. The maximum atomic E-state index is 5.59. The van der Waals surface area contributed by atoms with Gasteiger partial charge in [0.1, 0.15) is 0 Å². The minimum Gasteiger partial charge on any atom is -0.381 e. The molecule has 1 rings (SSSR count). The Morgan fingerprint density at radius 2 is 2.05 bits per heavy atom. The largest absolute Gasteiger partial charge is 0.381 e. The van der Waals surface area contributed by atoms with Crippen molar-refractivity contribution in [2.45, 2.75) is 47.0 Å². The minimum atomic E-state index is 0.617. The summed E-state index contributed by atoms with van der Waals surface area (Å²) in [4.78, 5) is 7.13. The SMILES string of the molecule is CCNC(=NCCCOCC(C)C)N1CCC(C)CC1. The molecular formula is C16H33N3O. The fraction of sp³-hybridized carbons (Fsp3) is 0.938. The van der Waals surface area contributed by atoms with Crippen LogP contribution in [0, 0.1) is 11.8 Å². The maximum Gasteiger partial charge on any atom is 0.193 e. The zero-order chi connectivity index (χ0) is 14.8. The third-order valence-electron chi connectivity index (χ3n) is 3.58. The Bertz CT molecular complexity index is 271. The van der Waals surface area contributed by atoms with Crippen molar-refractivity contribution in [2.75, 3.05) is 39.4 Å². The summed E-state index contributed by atoms with van der Waals surface area (Å²) >= 11 is 0. The van der Waals surface area contributed by atoms with Crippen LogP contribution in [-0.4, -0.2) is 50.3 Å². The molecule has 4 heteroatoms. The molecular weight excluding hydrogens is 250 g/mol. The first kappa shape index (κ1) is 17.3. The fourth-order valence-electron chi connectivity index (χ4n) is 2.32. The topological polar surface area (TPSA) is 36.9 Å². The zero-order valence-electron chi connectivity index (χ0n) is 13.8. The van der Waals surface area contributed by atoms with Crippen LogP contribution in [0.15, 0.2) is 4.99 Å². The lowest BCUT2D eigenvalue weighted by Gasteiger charge is -2.33. The van der Waals surface area contributed by atoms with Crippen LogP contribution in [0.4, 0.5) is 0 Å². The second-order valence-corrected chi connectivity index (χ2v) is 6.23. The van der Waals surface area contributed by atoms with Crippen molar-refractivity contribution in [1.29, 1.82) is 0 Å². The lowest BCUT2D eigenvalue weighted by Crippen LogP contribution is -2.45. The van der Waals surface area contributed by atoms with Crippen LogP contribution in [0.5, 0.6) is 0 Å². The van der Waals surface area contributed by atoms with E-state index >= 15 is 0 Å². The maximum absolute atomic E-state index is 5.59. The lowest BCUT2D eigenvalue weighted by atomic mass is 10.00. The summed E-state index contributed by atoms with van der Waals surface area (Å²) in [5.41, 5.74) is 0. The van der Waals surface area contributed by atoms with Gasteiger partial charge in [0.05, 0.1) is 0 Å². The molecule has 118 valence electrons. The highest BCUT2D eigenvalue weighted by atomic mass is 16.5. The molecule has 0 radical (unpaired) electrons. The normalized spacial score (nSPS) is 17.9. The Kier molecular flexibility index (Phi) is 8.67. The Balaban J connectivity index is 2.27. The number of nitrogens with zero attached hydrogens (tertiary/aromatic N) is 2. The van der Waals surface area contributed by atoms with Crippen molar-refractivity contribution in [3.63, 3.8) is 0 Å². The van der Waals surface area contributed by atoms with E-state index in [9.17, 15) is 0 Å². The van der Waals surface area contributed by atoms with E-state index in [4.69, 9.17) is 9.73 Å². The van der Waals surface area contributed by atoms with Crippen molar-refractivity contribution in [2.24, 2.45) is 16.8 Å². The van der Waals surface area contributed by atoms with Crippen molar-refractivity contribution in [3.8, 4) is 0 Å². The number of hydrogen-bond donors (Lipinski definition) is 1. The molecule has 1 N–H and O–H groups in total. The number of nitrogens with one attached hydrogen (secondary N) is 1. The molecule has 1 aliphatic heterocycles. The summed E-state index contributed by atoms with van der Waals surface area (Å²) in [7, 11) is 0. The first-order valence-corrected chi connectivity index (χ1v) is 8.24. The average Bonchev–Trinajstić information content (AvgIpc) is 2.42. The van der Waals surface area contributed by atoms with Crippen LogP contribution < -0.4 is 5.32 Å². The molecule has 0 aliphatic carbocycles.